The molecule has 2 unspecified atom stereocenters. The summed E-state index contributed by atoms with van der Waals surface area (Å²) in [4.78, 5) is 5.81. The Hall–Kier alpha value is -0.840. The summed E-state index contributed by atoms with van der Waals surface area (Å²) in [6.07, 6.45) is 1.87. The van der Waals surface area contributed by atoms with Crippen LogP contribution in [0.25, 0.3) is 0 Å². The molecular weight excluding hydrogens is 260 g/mol. The highest BCUT2D eigenvalue weighted by Crippen LogP contribution is 2.39. The maximum absolute atomic E-state index is 4.36. The first-order valence-corrected chi connectivity index (χ1v) is 8.05. The first kappa shape index (κ1) is 12.2. The second kappa shape index (κ2) is 5.43. The Morgan fingerprint density at radius 3 is 3.17 bits per heavy atom. The van der Waals surface area contributed by atoms with Crippen LogP contribution in [0.5, 0.6) is 0 Å². The third kappa shape index (κ3) is 2.46. The molecule has 1 aliphatic rings. The zero-order chi connectivity index (χ0) is 12.4. The predicted octanol–water partition coefficient (Wildman–Crippen LogP) is 3.68. The molecule has 1 N–H and O–H groups in total. The molecule has 0 saturated carbocycles. The lowest BCUT2D eigenvalue weighted by Crippen LogP contribution is -2.24. The van der Waals surface area contributed by atoms with Crippen LogP contribution in [0.2, 0.25) is 0 Å². The summed E-state index contributed by atoms with van der Waals surface area (Å²) < 4.78 is 0. The minimum absolute atomic E-state index is 0.350. The number of hydrogen-bond donors (Lipinski definition) is 1. The van der Waals surface area contributed by atoms with Crippen LogP contribution in [-0.2, 0) is 0 Å². The van der Waals surface area contributed by atoms with Crippen LogP contribution < -0.4 is 5.32 Å². The van der Waals surface area contributed by atoms with Gasteiger partial charge < -0.3 is 5.32 Å². The van der Waals surface area contributed by atoms with Crippen LogP contribution in [0.3, 0.4) is 0 Å². The van der Waals surface area contributed by atoms with Crippen LogP contribution in [0, 0.1) is 0 Å². The molecule has 1 aromatic carbocycles. The van der Waals surface area contributed by atoms with Crippen LogP contribution in [0.4, 0.5) is 0 Å². The molecule has 1 aliphatic heterocycles. The third-order valence-electron chi connectivity index (χ3n) is 3.29. The van der Waals surface area contributed by atoms with Crippen molar-refractivity contribution in [3.8, 4) is 0 Å². The largest absolute Gasteiger partial charge is 0.308 e. The van der Waals surface area contributed by atoms with E-state index in [1.165, 1.54) is 21.2 Å². The van der Waals surface area contributed by atoms with E-state index < -0.39 is 0 Å². The molecule has 0 spiro atoms. The molecule has 2 aromatic rings. The average Bonchev–Trinajstić information content (AvgIpc) is 3.06. The molecule has 4 heteroatoms. The van der Waals surface area contributed by atoms with Crippen molar-refractivity contribution < 1.29 is 0 Å². The van der Waals surface area contributed by atoms with E-state index in [0.717, 1.165) is 6.54 Å². The topological polar surface area (TPSA) is 24.9 Å². The van der Waals surface area contributed by atoms with Gasteiger partial charge in [0.2, 0.25) is 0 Å². The van der Waals surface area contributed by atoms with E-state index in [1.807, 2.05) is 23.3 Å². The summed E-state index contributed by atoms with van der Waals surface area (Å²) in [5, 5.41) is 6.81. The second-order valence-electron chi connectivity index (χ2n) is 4.55. The van der Waals surface area contributed by atoms with E-state index >= 15 is 0 Å². The SMILES string of the molecule is CC(NCC1CSc2ccccc21)c1nccs1. The number of hydrogen-bond acceptors (Lipinski definition) is 4. The summed E-state index contributed by atoms with van der Waals surface area (Å²) in [6.45, 7) is 3.22. The monoisotopic (exact) mass is 276 g/mol. The summed E-state index contributed by atoms with van der Waals surface area (Å²) in [6, 6.07) is 9.10. The first-order valence-electron chi connectivity index (χ1n) is 6.19. The number of thioether (sulfide) groups is 1. The highest BCUT2D eigenvalue weighted by atomic mass is 32.2. The van der Waals surface area contributed by atoms with Crippen molar-refractivity contribution >= 4 is 23.1 Å². The van der Waals surface area contributed by atoms with Crippen molar-refractivity contribution in [1.82, 2.24) is 10.3 Å². The predicted molar refractivity (Wildman–Crippen MR) is 78.4 cm³/mol. The van der Waals surface area contributed by atoms with Crippen LogP contribution in [0.15, 0.2) is 40.7 Å². The van der Waals surface area contributed by atoms with Crippen molar-refractivity contribution in [2.45, 2.75) is 23.8 Å². The highest BCUT2D eigenvalue weighted by molar-refractivity contribution is 7.99. The van der Waals surface area contributed by atoms with Gasteiger partial charge >= 0.3 is 0 Å². The van der Waals surface area contributed by atoms with E-state index in [4.69, 9.17) is 0 Å². The Morgan fingerprint density at radius 2 is 2.33 bits per heavy atom. The number of benzene rings is 1. The second-order valence-corrected chi connectivity index (χ2v) is 6.53. The Bertz CT molecular complexity index is 510. The Balaban J connectivity index is 1.62. The number of rotatable bonds is 4. The molecule has 18 heavy (non-hydrogen) atoms. The minimum atomic E-state index is 0.350. The number of nitrogens with zero attached hydrogens (tertiary/aromatic N) is 1. The van der Waals surface area contributed by atoms with Crippen LogP contribution in [-0.4, -0.2) is 17.3 Å². The maximum Gasteiger partial charge on any atom is 0.109 e. The lowest BCUT2D eigenvalue weighted by atomic mass is 10.0. The fraction of sp³-hybridized carbons (Fsp3) is 0.357. The van der Waals surface area contributed by atoms with Gasteiger partial charge in [0.05, 0.1) is 6.04 Å². The molecule has 0 saturated heterocycles. The number of nitrogens with one attached hydrogen (secondary N) is 1. The van der Waals surface area contributed by atoms with Crippen LogP contribution >= 0.6 is 23.1 Å². The van der Waals surface area contributed by atoms with Crippen LogP contribution in [0.1, 0.15) is 29.5 Å². The minimum Gasteiger partial charge on any atom is -0.308 e. The molecule has 1 aromatic heterocycles. The molecule has 2 atom stereocenters. The maximum atomic E-state index is 4.36. The van der Waals surface area contributed by atoms with Gasteiger partial charge in [-0.3, -0.25) is 0 Å². The zero-order valence-corrected chi connectivity index (χ0v) is 11.9. The molecule has 2 nitrogen and oxygen atoms in total. The molecule has 0 bridgehead atoms. The fourth-order valence-corrected chi connectivity index (χ4v) is 4.18. The van der Waals surface area contributed by atoms with Gasteiger partial charge in [-0.05, 0) is 18.6 Å². The van der Waals surface area contributed by atoms with E-state index in [9.17, 15) is 0 Å². The van der Waals surface area contributed by atoms with Crippen molar-refractivity contribution in [3.05, 3.63) is 46.4 Å². The molecule has 94 valence electrons. The van der Waals surface area contributed by atoms with E-state index in [2.05, 4.69) is 41.5 Å². The third-order valence-corrected chi connectivity index (χ3v) is 5.50. The number of aromatic nitrogens is 1. The lowest BCUT2D eigenvalue weighted by molar-refractivity contribution is 0.539. The average molecular weight is 276 g/mol. The van der Waals surface area contributed by atoms with Gasteiger partial charge in [0, 0.05) is 34.7 Å². The van der Waals surface area contributed by atoms with Gasteiger partial charge in [0.25, 0.3) is 0 Å². The summed E-state index contributed by atoms with van der Waals surface area (Å²) in [5.41, 5.74) is 1.50. The van der Waals surface area contributed by atoms with Crippen molar-refractivity contribution in [2.75, 3.05) is 12.3 Å². The molecule has 0 amide bonds. The molecule has 0 fully saturated rings. The van der Waals surface area contributed by atoms with E-state index in [-0.39, 0.29) is 0 Å². The highest BCUT2D eigenvalue weighted by Gasteiger charge is 2.23. The van der Waals surface area contributed by atoms with E-state index in [0.29, 0.717) is 12.0 Å². The normalized spacial score (nSPS) is 19.7. The molecule has 2 heterocycles. The fourth-order valence-electron chi connectivity index (χ4n) is 2.25. The molecule has 0 aliphatic carbocycles. The Labute approximate surface area is 116 Å². The van der Waals surface area contributed by atoms with Crippen molar-refractivity contribution in [3.63, 3.8) is 0 Å². The molecular formula is C14H16N2S2. The van der Waals surface area contributed by atoms with Gasteiger partial charge in [-0.1, -0.05) is 18.2 Å². The number of fused-ring (bicyclic) bond motifs is 1. The summed E-state index contributed by atoms with van der Waals surface area (Å²) >= 11 is 3.69. The van der Waals surface area contributed by atoms with Gasteiger partial charge in [0.15, 0.2) is 0 Å². The zero-order valence-electron chi connectivity index (χ0n) is 10.3. The number of thiazole rings is 1. The first-order chi connectivity index (χ1) is 8.84. The Kier molecular flexibility index (Phi) is 3.68. The van der Waals surface area contributed by atoms with E-state index in [1.54, 1.807) is 11.3 Å². The summed E-state index contributed by atoms with van der Waals surface area (Å²) in [7, 11) is 0. The quantitative estimate of drug-likeness (QED) is 0.922. The van der Waals surface area contributed by atoms with Crippen molar-refractivity contribution in [2.24, 2.45) is 0 Å². The molecule has 0 radical (unpaired) electrons. The van der Waals surface area contributed by atoms with Crippen molar-refractivity contribution in [1.29, 1.82) is 0 Å². The van der Waals surface area contributed by atoms with Gasteiger partial charge in [-0.25, -0.2) is 4.98 Å². The molecule has 3 rings (SSSR count). The summed E-state index contributed by atoms with van der Waals surface area (Å²) in [5.74, 6) is 1.82. The van der Waals surface area contributed by atoms with Gasteiger partial charge in [-0.15, -0.1) is 23.1 Å². The standard InChI is InChI=1S/C14H16N2S2/c1-10(14-15-6-7-17-14)16-8-11-9-18-13-5-3-2-4-12(11)13/h2-7,10-11,16H,8-9H2,1H3. The van der Waals surface area contributed by atoms with Gasteiger partial charge in [-0.2, -0.15) is 0 Å². The Morgan fingerprint density at radius 1 is 1.44 bits per heavy atom. The van der Waals surface area contributed by atoms with Gasteiger partial charge in [0.1, 0.15) is 5.01 Å². The lowest BCUT2D eigenvalue weighted by Gasteiger charge is -2.15. The smallest absolute Gasteiger partial charge is 0.109 e.